The number of halogens is 11. The number of carbonyl (C=O) groups excluding carboxylic acids is 2. The van der Waals surface area contributed by atoms with E-state index in [4.69, 9.17) is 9.84 Å². The van der Waals surface area contributed by atoms with E-state index in [2.05, 4.69) is 20.6 Å². The molecule has 0 saturated carbocycles. The van der Waals surface area contributed by atoms with E-state index in [0.29, 0.717) is 18.2 Å². The minimum absolute atomic E-state index is 0.134. The number of nitrogens with zero attached hydrogens (tertiary/aromatic N) is 3. The van der Waals surface area contributed by atoms with E-state index in [1.807, 2.05) is 0 Å². The molecule has 4 rings (SSSR count). The summed E-state index contributed by atoms with van der Waals surface area (Å²) >= 11 is 0. The summed E-state index contributed by atoms with van der Waals surface area (Å²) in [7, 11) is 1.24. The van der Waals surface area contributed by atoms with Crippen molar-refractivity contribution in [3.63, 3.8) is 0 Å². The molecule has 4 aromatic rings. The lowest BCUT2D eigenvalue weighted by atomic mass is 10.1. The zero-order chi connectivity index (χ0) is 36.5. The molecule has 264 valence electrons. The second-order valence-electron chi connectivity index (χ2n) is 10.1. The van der Waals surface area contributed by atoms with Crippen LogP contribution in [-0.2, 0) is 30.7 Å². The molecule has 0 fully saturated rings. The first-order valence-electron chi connectivity index (χ1n) is 13.4. The van der Waals surface area contributed by atoms with Crippen molar-refractivity contribution >= 4 is 40.3 Å². The van der Waals surface area contributed by atoms with Crippen LogP contribution in [0.5, 0.6) is 5.88 Å². The van der Waals surface area contributed by atoms with E-state index in [0.717, 1.165) is 34.9 Å². The molecule has 1 atom stereocenters. The third-order valence-electron chi connectivity index (χ3n) is 6.53. The van der Waals surface area contributed by atoms with Crippen LogP contribution >= 0.6 is 0 Å². The molecule has 0 spiro atoms. The second kappa shape index (κ2) is 13.7. The largest absolute Gasteiger partial charge is 0.471 e. The molecule has 21 heteroatoms. The quantitative estimate of drug-likeness (QED) is 0.144. The van der Waals surface area contributed by atoms with Crippen molar-refractivity contribution in [2.75, 3.05) is 17.2 Å². The third kappa shape index (κ3) is 8.83. The molecule has 0 radical (unpaired) electrons. The topological polar surface area (TPSA) is 130 Å². The van der Waals surface area contributed by atoms with Gasteiger partial charge in [-0.25, -0.2) is 13.8 Å². The Morgan fingerprint density at radius 3 is 2.14 bits per heavy atom. The smallest absolute Gasteiger partial charge is 0.423 e. The van der Waals surface area contributed by atoms with Crippen molar-refractivity contribution in [2.24, 2.45) is 7.05 Å². The van der Waals surface area contributed by atoms with Gasteiger partial charge in [0.2, 0.25) is 17.9 Å². The molecule has 0 aliphatic carbocycles. The van der Waals surface area contributed by atoms with Crippen LogP contribution in [0.3, 0.4) is 0 Å². The average Bonchev–Trinajstić information content (AvgIpc) is 3.30. The summed E-state index contributed by atoms with van der Waals surface area (Å²) in [5, 5.41) is 15.4. The summed E-state index contributed by atoms with van der Waals surface area (Å²) in [5.74, 6) is -3.99. The second-order valence-corrected chi connectivity index (χ2v) is 10.1. The maximum absolute atomic E-state index is 13.9. The number of imidazole rings is 1. The lowest BCUT2D eigenvalue weighted by molar-refractivity contribution is -0.205. The molecule has 0 aliphatic rings. The van der Waals surface area contributed by atoms with E-state index >= 15 is 0 Å². The first-order valence-corrected chi connectivity index (χ1v) is 13.4. The Hall–Kier alpha value is -5.21. The van der Waals surface area contributed by atoms with Crippen molar-refractivity contribution < 1.29 is 67.7 Å². The SMILES string of the molecule is Cn1c(Nc2cc(CNC(=O)C(O)C(F)(F)F)ccc2C(F)(F)F)nc2cc(C(=O)Nc3ccc(C(F)(F)F)cc3)c(OCC(F)F)nc21. The molecule has 2 amide bonds. The Morgan fingerprint density at radius 1 is 0.918 bits per heavy atom. The van der Waals surface area contributed by atoms with Gasteiger partial charge in [-0.05, 0) is 48.0 Å². The van der Waals surface area contributed by atoms with Crippen LogP contribution in [0.15, 0.2) is 48.5 Å². The number of rotatable bonds is 10. The molecule has 49 heavy (non-hydrogen) atoms. The van der Waals surface area contributed by atoms with Gasteiger partial charge >= 0.3 is 18.5 Å². The number of ether oxygens (including phenoxy) is 1. The number of anilines is 3. The summed E-state index contributed by atoms with van der Waals surface area (Å²) in [6.07, 6.45) is -21.4. The summed E-state index contributed by atoms with van der Waals surface area (Å²) < 4.78 is 150. The number of aliphatic hydroxyl groups is 1. The minimum Gasteiger partial charge on any atom is -0.471 e. The van der Waals surface area contributed by atoms with Crippen LogP contribution in [0, 0.1) is 0 Å². The van der Waals surface area contributed by atoms with E-state index in [1.165, 1.54) is 7.05 Å². The highest BCUT2D eigenvalue weighted by atomic mass is 19.4. The van der Waals surface area contributed by atoms with Crippen molar-refractivity contribution in [1.82, 2.24) is 19.9 Å². The van der Waals surface area contributed by atoms with Gasteiger partial charge < -0.3 is 25.8 Å². The molecule has 10 nitrogen and oxygen atoms in total. The first-order chi connectivity index (χ1) is 22.6. The van der Waals surface area contributed by atoms with Crippen molar-refractivity contribution in [2.45, 2.75) is 37.6 Å². The van der Waals surface area contributed by atoms with Crippen molar-refractivity contribution in [3.05, 3.63) is 70.8 Å². The van der Waals surface area contributed by atoms with Gasteiger partial charge in [0.25, 0.3) is 18.2 Å². The maximum atomic E-state index is 13.9. The standard InChI is InChI=1S/C28H21F11N6O4/c1-45-21-18(9-15(24(44-21)49-11-19(29)30)22(47)41-14-5-3-13(4-6-14)26(31,32)33)43-25(45)42-17-8-12(2-7-16(17)27(34,35)36)10-40-23(48)20(46)28(37,38)39/h2-9,19-20,46H,10-11H2,1H3,(H,40,48)(H,41,47)(H,42,43). The number of benzene rings is 2. The van der Waals surface area contributed by atoms with E-state index in [-0.39, 0.29) is 28.4 Å². The monoisotopic (exact) mass is 714 g/mol. The number of fused-ring (bicyclic) bond motifs is 1. The number of aliphatic hydroxyl groups excluding tert-OH is 1. The molecule has 1 unspecified atom stereocenters. The Labute approximate surface area is 266 Å². The Bertz CT molecular complexity index is 1840. The molecule has 4 N–H and O–H groups in total. The van der Waals surface area contributed by atoms with Gasteiger partial charge in [0, 0.05) is 19.3 Å². The number of carbonyl (C=O) groups is 2. The van der Waals surface area contributed by atoms with Crippen LogP contribution < -0.4 is 20.7 Å². The molecule has 2 heterocycles. The predicted octanol–water partition coefficient (Wildman–Crippen LogP) is 6.19. The van der Waals surface area contributed by atoms with Crippen LogP contribution in [0.1, 0.15) is 27.0 Å². The number of aromatic nitrogens is 3. The van der Waals surface area contributed by atoms with Crippen molar-refractivity contribution in [3.8, 4) is 5.88 Å². The van der Waals surface area contributed by atoms with E-state index in [1.54, 1.807) is 5.32 Å². The van der Waals surface area contributed by atoms with Gasteiger partial charge in [0.15, 0.2) is 12.3 Å². The minimum atomic E-state index is -5.29. The molecular weight excluding hydrogens is 693 g/mol. The fraction of sp³-hybridized carbons (Fsp3) is 0.286. The Kier molecular flexibility index (Phi) is 10.3. The Balaban J connectivity index is 1.68. The highest BCUT2D eigenvalue weighted by Gasteiger charge is 2.43. The summed E-state index contributed by atoms with van der Waals surface area (Å²) in [4.78, 5) is 32.8. The highest BCUT2D eigenvalue weighted by molar-refractivity contribution is 6.07. The van der Waals surface area contributed by atoms with Gasteiger partial charge in [0.1, 0.15) is 11.1 Å². The van der Waals surface area contributed by atoms with Gasteiger partial charge in [-0.3, -0.25) is 14.2 Å². The lowest BCUT2D eigenvalue weighted by Gasteiger charge is -2.17. The van der Waals surface area contributed by atoms with Gasteiger partial charge in [-0.15, -0.1) is 0 Å². The average molecular weight is 714 g/mol. The van der Waals surface area contributed by atoms with Crippen LogP contribution in [0.2, 0.25) is 0 Å². The number of pyridine rings is 1. The molecule has 0 saturated heterocycles. The number of nitrogens with one attached hydrogen (secondary N) is 3. The fourth-order valence-electron chi connectivity index (χ4n) is 4.17. The molecular formula is C28H21F11N6O4. The summed E-state index contributed by atoms with van der Waals surface area (Å²) in [5.41, 5.74) is -4.19. The van der Waals surface area contributed by atoms with Crippen molar-refractivity contribution in [1.29, 1.82) is 0 Å². The maximum Gasteiger partial charge on any atom is 0.423 e. The number of hydrogen-bond donors (Lipinski definition) is 4. The van der Waals surface area contributed by atoms with E-state index < -0.39 is 84.3 Å². The zero-order valence-corrected chi connectivity index (χ0v) is 24.4. The summed E-state index contributed by atoms with van der Waals surface area (Å²) in [6.45, 7) is -1.98. The summed E-state index contributed by atoms with van der Waals surface area (Å²) in [6, 6.07) is 6.42. The number of aryl methyl sites for hydroxylation is 1. The van der Waals surface area contributed by atoms with Crippen LogP contribution in [0.4, 0.5) is 65.6 Å². The predicted molar refractivity (Wildman–Crippen MR) is 148 cm³/mol. The third-order valence-corrected chi connectivity index (χ3v) is 6.53. The highest BCUT2D eigenvalue weighted by Crippen LogP contribution is 2.37. The van der Waals surface area contributed by atoms with E-state index in [9.17, 15) is 57.9 Å². The lowest BCUT2D eigenvalue weighted by Crippen LogP contribution is -2.43. The van der Waals surface area contributed by atoms with Gasteiger partial charge in [-0.2, -0.15) is 44.5 Å². The van der Waals surface area contributed by atoms with Crippen LogP contribution in [-0.4, -0.2) is 56.8 Å². The normalized spacial score (nSPS) is 13.0. The molecule has 0 aliphatic heterocycles. The number of amides is 2. The molecule has 2 aromatic heterocycles. The van der Waals surface area contributed by atoms with Gasteiger partial charge in [-0.1, -0.05) is 6.07 Å². The number of hydrogen-bond acceptors (Lipinski definition) is 7. The molecule has 2 aromatic carbocycles. The zero-order valence-electron chi connectivity index (χ0n) is 24.4. The first kappa shape index (κ1) is 36.6. The fourth-order valence-corrected chi connectivity index (χ4v) is 4.17. The van der Waals surface area contributed by atoms with Gasteiger partial charge in [0.05, 0.1) is 16.8 Å². The van der Waals surface area contributed by atoms with Crippen LogP contribution in [0.25, 0.3) is 11.2 Å². The molecule has 0 bridgehead atoms. The Morgan fingerprint density at radius 2 is 1.57 bits per heavy atom. The number of alkyl halides is 11.